The van der Waals surface area contributed by atoms with Crippen LogP contribution in [0.5, 0.6) is 5.75 Å². The lowest BCUT2D eigenvalue weighted by Gasteiger charge is -2.36. The summed E-state index contributed by atoms with van der Waals surface area (Å²) in [7, 11) is 1.83. The quantitative estimate of drug-likeness (QED) is 0.364. The number of benzene rings is 1. The molecule has 0 aliphatic carbocycles. The summed E-state index contributed by atoms with van der Waals surface area (Å²) in [6, 6.07) is 6.52. The molecule has 2 N–H and O–H groups in total. The number of fused-ring (bicyclic) bond motifs is 1. The van der Waals surface area contributed by atoms with E-state index in [-0.39, 0.29) is 28.7 Å². The van der Waals surface area contributed by atoms with Gasteiger partial charge in [0.15, 0.2) is 5.96 Å². The molecule has 2 aliphatic rings. The molecule has 0 aromatic heterocycles. The molecule has 26 heavy (non-hydrogen) atoms. The van der Waals surface area contributed by atoms with Gasteiger partial charge in [-0.15, -0.1) is 24.0 Å². The highest BCUT2D eigenvalue weighted by Gasteiger charge is 2.31. The number of thioether (sulfide) groups is 1. The van der Waals surface area contributed by atoms with E-state index in [9.17, 15) is 0 Å². The average molecular weight is 491 g/mol. The maximum atomic E-state index is 5.57. The van der Waals surface area contributed by atoms with Gasteiger partial charge in [0.2, 0.25) is 0 Å². The first-order chi connectivity index (χ1) is 12.2. The maximum absolute atomic E-state index is 5.57. The van der Waals surface area contributed by atoms with E-state index in [1.54, 1.807) is 0 Å². The van der Waals surface area contributed by atoms with Crippen LogP contribution in [0, 0.1) is 0 Å². The third kappa shape index (κ3) is 5.66. The standard InChI is InChI=1S/C19H29N3O2S.HI/c1-20-18(22-14-19(25-2)7-11-23-12-8-19)21-9-5-15-3-4-17-16(13-15)6-10-24-17;/h3-4,13H,5-12,14H2,1-2H3,(H2,20,21,22);1H. The summed E-state index contributed by atoms with van der Waals surface area (Å²) >= 11 is 1.94. The molecule has 0 unspecified atom stereocenters. The molecule has 1 aromatic rings. The van der Waals surface area contributed by atoms with Crippen molar-refractivity contribution in [2.45, 2.75) is 30.4 Å². The van der Waals surface area contributed by atoms with Crippen molar-refractivity contribution in [3.63, 3.8) is 0 Å². The van der Waals surface area contributed by atoms with Gasteiger partial charge in [-0.25, -0.2) is 0 Å². The number of halogens is 1. The topological polar surface area (TPSA) is 54.9 Å². The third-order valence-electron chi connectivity index (χ3n) is 5.10. The van der Waals surface area contributed by atoms with Gasteiger partial charge in [-0.2, -0.15) is 11.8 Å². The summed E-state index contributed by atoms with van der Waals surface area (Å²) in [5, 5.41) is 6.93. The number of hydrogen-bond donors (Lipinski definition) is 2. The van der Waals surface area contributed by atoms with Crippen LogP contribution in [0.2, 0.25) is 0 Å². The molecule has 0 radical (unpaired) electrons. The number of nitrogens with one attached hydrogen (secondary N) is 2. The Kier molecular flexibility index (Phi) is 8.83. The molecule has 0 amide bonds. The minimum absolute atomic E-state index is 0. The first-order valence-corrected chi connectivity index (χ1v) is 10.3. The Hall–Kier alpha value is -0.670. The van der Waals surface area contributed by atoms with Crippen molar-refractivity contribution in [2.75, 3.05) is 46.2 Å². The lowest BCUT2D eigenvalue weighted by Crippen LogP contribution is -2.48. The molecule has 0 bridgehead atoms. The van der Waals surface area contributed by atoms with E-state index in [2.05, 4.69) is 40.1 Å². The van der Waals surface area contributed by atoms with E-state index in [1.165, 1.54) is 11.1 Å². The molecule has 146 valence electrons. The zero-order chi connectivity index (χ0) is 17.5. The molecular formula is C19H30IN3O2S. The first-order valence-electron chi connectivity index (χ1n) is 9.07. The third-order valence-corrected chi connectivity index (χ3v) is 6.52. The van der Waals surface area contributed by atoms with Crippen LogP contribution in [0.1, 0.15) is 24.0 Å². The number of ether oxygens (including phenoxy) is 2. The van der Waals surface area contributed by atoms with Crippen molar-refractivity contribution in [3.8, 4) is 5.75 Å². The van der Waals surface area contributed by atoms with E-state index in [1.807, 2.05) is 18.8 Å². The van der Waals surface area contributed by atoms with Gasteiger partial charge in [-0.05, 0) is 42.7 Å². The molecule has 0 spiro atoms. The van der Waals surface area contributed by atoms with Crippen molar-refractivity contribution in [1.29, 1.82) is 0 Å². The predicted octanol–water partition coefficient (Wildman–Crippen LogP) is 2.86. The van der Waals surface area contributed by atoms with Gasteiger partial charge < -0.3 is 20.1 Å². The van der Waals surface area contributed by atoms with E-state index in [4.69, 9.17) is 9.47 Å². The van der Waals surface area contributed by atoms with Crippen LogP contribution in [0.4, 0.5) is 0 Å². The number of nitrogens with zero attached hydrogens (tertiary/aromatic N) is 1. The molecule has 0 atom stereocenters. The fourth-order valence-electron chi connectivity index (χ4n) is 3.38. The second-order valence-corrected chi connectivity index (χ2v) is 7.92. The monoisotopic (exact) mass is 491 g/mol. The van der Waals surface area contributed by atoms with Crippen LogP contribution in [-0.2, 0) is 17.6 Å². The van der Waals surface area contributed by atoms with Crippen molar-refractivity contribution < 1.29 is 9.47 Å². The van der Waals surface area contributed by atoms with Gasteiger partial charge in [-0.1, -0.05) is 12.1 Å². The summed E-state index contributed by atoms with van der Waals surface area (Å²) in [5.74, 6) is 1.93. The van der Waals surface area contributed by atoms with E-state index >= 15 is 0 Å². The van der Waals surface area contributed by atoms with Crippen molar-refractivity contribution >= 4 is 41.7 Å². The highest BCUT2D eigenvalue weighted by atomic mass is 127. The Balaban J connectivity index is 0.00000243. The summed E-state index contributed by atoms with van der Waals surface area (Å²) in [4.78, 5) is 4.36. The Morgan fingerprint density at radius 2 is 2.04 bits per heavy atom. The average Bonchev–Trinajstić information content (AvgIpc) is 3.13. The van der Waals surface area contributed by atoms with Gasteiger partial charge in [-0.3, -0.25) is 4.99 Å². The van der Waals surface area contributed by atoms with Crippen LogP contribution >= 0.6 is 35.7 Å². The maximum Gasteiger partial charge on any atom is 0.191 e. The van der Waals surface area contributed by atoms with Gasteiger partial charge >= 0.3 is 0 Å². The molecule has 1 saturated heterocycles. The summed E-state index contributed by atoms with van der Waals surface area (Å²) in [6.45, 7) is 4.32. The second kappa shape index (κ2) is 10.6. The van der Waals surface area contributed by atoms with Crippen LogP contribution < -0.4 is 15.4 Å². The zero-order valence-electron chi connectivity index (χ0n) is 15.7. The highest BCUT2D eigenvalue weighted by Crippen LogP contribution is 2.33. The van der Waals surface area contributed by atoms with Gasteiger partial charge in [0, 0.05) is 44.5 Å². The molecular weight excluding hydrogens is 461 g/mol. The smallest absolute Gasteiger partial charge is 0.191 e. The number of hydrogen-bond acceptors (Lipinski definition) is 4. The minimum Gasteiger partial charge on any atom is -0.493 e. The van der Waals surface area contributed by atoms with Gasteiger partial charge in [0.1, 0.15) is 5.75 Å². The molecule has 2 heterocycles. The van der Waals surface area contributed by atoms with Crippen molar-refractivity contribution in [1.82, 2.24) is 10.6 Å². The second-order valence-electron chi connectivity index (χ2n) is 6.64. The lowest BCUT2D eigenvalue weighted by molar-refractivity contribution is 0.0783. The molecule has 5 nitrogen and oxygen atoms in total. The van der Waals surface area contributed by atoms with Crippen LogP contribution in [-0.4, -0.2) is 56.9 Å². The summed E-state index contributed by atoms with van der Waals surface area (Å²) in [6.07, 6.45) is 6.39. The molecule has 7 heteroatoms. The highest BCUT2D eigenvalue weighted by molar-refractivity contribution is 14.0. The zero-order valence-corrected chi connectivity index (χ0v) is 18.8. The van der Waals surface area contributed by atoms with Crippen LogP contribution in [0.25, 0.3) is 0 Å². The SMILES string of the molecule is CN=C(NCCc1ccc2c(c1)CCO2)NCC1(SC)CCOCC1.I. The molecule has 3 rings (SSSR count). The van der Waals surface area contributed by atoms with Gasteiger partial charge in [0.25, 0.3) is 0 Å². The van der Waals surface area contributed by atoms with Crippen LogP contribution in [0.15, 0.2) is 23.2 Å². The normalized spacial score (nSPS) is 18.5. The Morgan fingerprint density at radius 3 is 2.77 bits per heavy atom. The molecule has 0 saturated carbocycles. The number of rotatable bonds is 6. The minimum atomic E-state index is 0. The molecule has 1 aromatic carbocycles. The van der Waals surface area contributed by atoms with Crippen molar-refractivity contribution in [2.24, 2.45) is 4.99 Å². The summed E-state index contributed by atoms with van der Waals surface area (Å²) in [5.41, 5.74) is 2.68. The first kappa shape index (κ1) is 21.6. The Bertz CT molecular complexity index is 606. The number of guanidine groups is 1. The lowest BCUT2D eigenvalue weighted by atomic mass is 9.99. The van der Waals surface area contributed by atoms with Crippen molar-refractivity contribution in [3.05, 3.63) is 29.3 Å². The Labute approximate surface area is 178 Å². The predicted molar refractivity (Wildman–Crippen MR) is 120 cm³/mol. The fourth-order valence-corrected chi connectivity index (χ4v) is 4.17. The number of aliphatic imine (C=N–C) groups is 1. The Morgan fingerprint density at radius 1 is 1.23 bits per heavy atom. The van der Waals surface area contributed by atoms with E-state index < -0.39 is 0 Å². The van der Waals surface area contributed by atoms with Gasteiger partial charge in [0.05, 0.1) is 6.61 Å². The molecule has 2 aliphatic heterocycles. The van der Waals surface area contributed by atoms with Crippen LogP contribution in [0.3, 0.4) is 0 Å². The largest absolute Gasteiger partial charge is 0.493 e. The molecule has 1 fully saturated rings. The van der Waals surface area contributed by atoms with E-state index in [0.29, 0.717) is 0 Å². The fraction of sp³-hybridized carbons (Fsp3) is 0.632. The van der Waals surface area contributed by atoms with E-state index in [0.717, 1.165) is 70.3 Å². The summed E-state index contributed by atoms with van der Waals surface area (Å²) < 4.78 is 11.3.